The van der Waals surface area contributed by atoms with Crippen LogP contribution in [-0.2, 0) is 11.0 Å². The number of nitriles is 1. The van der Waals surface area contributed by atoms with Gasteiger partial charge in [-0.1, -0.05) is 6.07 Å². The fraction of sp³-hybridized carbons (Fsp3) is 0.429. The smallest absolute Gasteiger partial charge is 0.390 e. The van der Waals surface area contributed by atoms with E-state index in [9.17, 15) is 28.2 Å². The van der Waals surface area contributed by atoms with Crippen LogP contribution in [0.1, 0.15) is 36.1 Å². The minimum Gasteiger partial charge on any atom is -0.390 e. The summed E-state index contributed by atoms with van der Waals surface area (Å²) in [4.78, 5) is 10.7. The van der Waals surface area contributed by atoms with E-state index in [1.54, 1.807) is 0 Å². The van der Waals surface area contributed by atoms with Gasteiger partial charge in [-0.2, -0.15) is 18.4 Å². The number of hydrogen-bond donors (Lipinski definition) is 3. The topological polar surface area (TPSA) is 93.3 Å². The lowest BCUT2D eigenvalue weighted by atomic mass is 9.97. The molecule has 2 atom stereocenters. The average molecular weight is 316 g/mol. The molecule has 0 aliphatic carbocycles. The standard InChI is InChI=1S/C14H15F3N2O3/c1-8(20)19-5-4-12(21)13(22)9-2-3-10(7-18)11(6-9)14(15,16)17/h2-3,6,12-13,21-22H,4-5H2,1H3,(H,19,20). The molecule has 1 aromatic carbocycles. The molecule has 0 saturated heterocycles. The van der Waals surface area contributed by atoms with Crippen LogP contribution in [0.4, 0.5) is 13.2 Å². The third-order valence-electron chi connectivity index (χ3n) is 2.99. The maximum Gasteiger partial charge on any atom is 0.417 e. The Balaban J connectivity index is 2.92. The van der Waals surface area contributed by atoms with Crippen molar-refractivity contribution in [2.45, 2.75) is 31.7 Å². The highest BCUT2D eigenvalue weighted by Crippen LogP contribution is 2.34. The summed E-state index contributed by atoms with van der Waals surface area (Å²) in [5.41, 5.74) is -1.88. The van der Waals surface area contributed by atoms with Gasteiger partial charge in [-0.3, -0.25) is 4.79 Å². The highest BCUT2D eigenvalue weighted by atomic mass is 19.4. The van der Waals surface area contributed by atoms with Crippen LogP contribution in [-0.4, -0.2) is 28.8 Å². The first-order valence-corrected chi connectivity index (χ1v) is 6.38. The Morgan fingerprint density at radius 3 is 2.55 bits per heavy atom. The van der Waals surface area contributed by atoms with E-state index in [-0.39, 0.29) is 24.4 Å². The van der Waals surface area contributed by atoms with E-state index in [0.29, 0.717) is 6.07 Å². The average Bonchev–Trinajstić information content (AvgIpc) is 2.44. The molecule has 0 aromatic heterocycles. The van der Waals surface area contributed by atoms with Crippen LogP contribution in [0.5, 0.6) is 0 Å². The molecule has 0 fully saturated rings. The van der Waals surface area contributed by atoms with Gasteiger partial charge < -0.3 is 15.5 Å². The van der Waals surface area contributed by atoms with Crippen molar-refractivity contribution in [1.82, 2.24) is 5.32 Å². The highest BCUT2D eigenvalue weighted by molar-refractivity contribution is 5.72. The second-order valence-corrected chi connectivity index (χ2v) is 4.70. The fourth-order valence-corrected chi connectivity index (χ4v) is 1.85. The van der Waals surface area contributed by atoms with Crippen molar-refractivity contribution in [2.24, 2.45) is 0 Å². The number of carbonyl (C=O) groups excluding carboxylic acids is 1. The quantitative estimate of drug-likeness (QED) is 0.767. The Morgan fingerprint density at radius 1 is 1.41 bits per heavy atom. The first kappa shape index (κ1) is 17.9. The van der Waals surface area contributed by atoms with Crippen LogP contribution in [0, 0.1) is 11.3 Å². The van der Waals surface area contributed by atoms with Gasteiger partial charge in [0, 0.05) is 13.5 Å². The summed E-state index contributed by atoms with van der Waals surface area (Å²) in [6, 6.07) is 4.18. The molecule has 0 saturated carbocycles. The Kier molecular flexibility index (Phi) is 5.91. The molecule has 1 rings (SSSR count). The normalized spacial score (nSPS) is 14.0. The summed E-state index contributed by atoms with van der Waals surface area (Å²) in [5.74, 6) is -0.320. The fourth-order valence-electron chi connectivity index (χ4n) is 1.85. The van der Waals surface area contributed by atoms with Gasteiger partial charge in [-0.25, -0.2) is 0 Å². The number of alkyl halides is 3. The third kappa shape index (κ3) is 4.72. The number of aliphatic hydroxyl groups excluding tert-OH is 2. The molecule has 1 aromatic rings. The van der Waals surface area contributed by atoms with E-state index >= 15 is 0 Å². The lowest BCUT2D eigenvalue weighted by Gasteiger charge is -2.20. The zero-order valence-electron chi connectivity index (χ0n) is 11.7. The number of nitrogens with one attached hydrogen (secondary N) is 1. The van der Waals surface area contributed by atoms with Crippen molar-refractivity contribution in [3.05, 3.63) is 34.9 Å². The van der Waals surface area contributed by atoms with Gasteiger partial charge >= 0.3 is 6.18 Å². The maximum absolute atomic E-state index is 12.8. The molecule has 1 amide bonds. The Hall–Kier alpha value is -2.11. The molecular formula is C14H15F3N2O3. The molecule has 2 unspecified atom stereocenters. The van der Waals surface area contributed by atoms with Crippen molar-refractivity contribution in [1.29, 1.82) is 5.26 Å². The van der Waals surface area contributed by atoms with E-state index in [4.69, 9.17) is 5.26 Å². The summed E-state index contributed by atoms with van der Waals surface area (Å²) in [6.45, 7) is 1.36. The third-order valence-corrected chi connectivity index (χ3v) is 2.99. The number of nitrogens with zero attached hydrogens (tertiary/aromatic N) is 1. The number of halogens is 3. The van der Waals surface area contributed by atoms with Crippen LogP contribution in [0.3, 0.4) is 0 Å². The molecule has 0 aliphatic rings. The Bertz CT molecular complexity index is 582. The molecule has 120 valence electrons. The molecular weight excluding hydrogens is 301 g/mol. The molecule has 3 N–H and O–H groups in total. The molecule has 0 heterocycles. The number of benzene rings is 1. The van der Waals surface area contributed by atoms with Gasteiger partial charge in [0.15, 0.2) is 0 Å². The largest absolute Gasteiger partial charge is 0.417 e. The zero-order valence-corrected chi connectivity index (χ0v) is 11.7. The van der Waals surface area contributed by atoms with Gasteiger partial charge in [0.1, 0.15) is 6.10 Å². The second-order valence-electron chi connectivity index (χ2n) is 4.70. The van der Waals surface area contributed by atoms with Crippen molar-refractivity contribution in [3.8, 4) is 6.07 Å². The number of rotatable bonds is 5. The van der Waals surface area contributed by atoms with Gasteiger partial charge in [0.2, 0.25) is 5.91 Å². The lowest BCUT2D eigenvalue weighted by Crippen LogP contribution is -2.27. The van der Waals surface area contributed by atoms with E-state index in [2.05, 4.69) is 5.32 Å². The van der Waals surface area contributed by atoms with Crippen molar-refractivity contribution >= 4 is 5.91 Å². The van der Waals surface area contributed by atoms with Crippen LogP contribution in [0.2, 0.25) is 0 Å². The number of aliphatic hydroxyl groups is 2. The van der Waals surface area contributed by atoms with Crippen LogP contribution in [0.15, 0.2) is 18.2 Å². The first-order valence-electron chi connectivity index (χ1n) is 6.38. The predicted molar refractivity (Wildman–Crippen MR) is 70.4 cm³/mol. The van der Waals surface area contributed by atoms with E-state index < -0.39 is 29.5 Å². The van der Waals surface area contributed by atoms with E-state index in [0.717, 1.165) is 12.1 Å². The molecule has 0 aliphatic heterocycles. The predicted octanol–water partition coefficient (Wildman–Crippen LogP) is 1.50. The molecule has 5 nitrogen and oxygen atoms in total. The number of hydrogen-bond acceptors (Lipinski definition) is 4. The Morgan fingerprint density at radius 2 is 2.05 bits per heavy atom. The van der Waals surface area contributed by atoms with Crippen molar-refractivity contribution in [2.75, 3.05) is 6.54 Å². The summed E-state index contributed by atoms with van der Waals surface area (Å²) >= 11 is 0. The molecule has 0 spiro atoms. The van der Waals surface area contributed by atoms with Gasteiger partial charge in [0.05, 0.1) is 23.3 Å². The second kappa shape index (κ2) is 7.24. The summed E-state index contributed by atoms with van der Waals surface area (Å²) in [5, 5.41) is 30.7. The SMILES string of the molecule is CC(=O)NCCC(O)C(O)c1ccc(C#N)c(C(F)(F)F)c1. The van der Waals surface area contributed by atoms with E-state index in [1.807, 2.05) is 0 Å². The molecule has 0 bridgehead atoms. The molecule has 8 heteroatoms. The zero-order chi connectivity index (χ0) is 16.9. The van der Waals surface area contributed by atoms with Crippen LogP contribution in [0.25, 0.3) is 0 Å². The monoisotopic (exact) mass is 316 g/mol. The lowest BCUT2D eigenvalue weighted by molar-refractivity contribution is -0.138. The summed E-state index contributed by atoms with van der Waals surface area (Å²) in [6.07, 6.45) is -7.66. The summed E-state index contributed by atoms with van der Waals surface area (Å²) < 4.78 is 38.5. The van der Waals surface area contributed by atoms with E-state index in [1.165, 1.54) is 13.0 Å². The maximum atomic E-state index is 12.8. The Labute approximate surface area is 125 Å². The minimum absolute atomic E-state index is 0.0257. The first-order chi connectivity index (χ1) is 10.2. The highest BCUT2D eigenvalue weighted by Gasteiger charge is 2.34. The van der Waals surface area contributed by atoms with Gasteiger partial charge in [0.25, 0.3) is 0 Å². The number of amides is 1. The van der Waals surface area contributed by atoms with Crippen molar-refractivity contribution < 1.29 is 28.2 Å². The minimum atomic E-state index is -4.73. The van der Waals surface area contributed by atoms with Gasteiger partial charge in [-0.05, 0) is 24.1 Å². The number of carbonyl (C=O) groups is 1. The van der Waals surface area contributed by atoms with Crippen LogP contribution < -0.4 is 5.32 Å². The van der Waals surface area contributed by atoms with Gasteiger partial charge in [-0.15, -0.1) is 0 Å². The molecule has 0 radical (unpaired) electrons. The summed E-state index contributed by atoms with van der Waals surface area (Å²) in [7, 11) is 0. The molecule has 22 heavy (non-hydrogen) atoms. The van der Waals surface area contributed by atoms with Crippen molar-refractivity contribution in [3.63, 3.8) is 0 Å². The van der Waals surface area contributed by atoms with Crippen LogP contribution >= 0.6 is 0 Å².